The van der Waals surface area contributed by atoms with E-state index >= 15 is 0 Å². The van der Waals surface area contributed by atoms with Crippen LogP contribution in [0, 0.1) is 11.8 Å². The zero-order valence-corrected chi connectivity index (χ0v) is 14.3. The van der Waals surface area contributed by atoms with Crippen LogP contribution in [0.1, 0.15) is 19.3 Å². The maximum atomic E-state index is 12.2. The molecule has 0 radical (unpaired) electrons. The Balaban J connectivity index is 1.30. The number of benzene rings is 1. The van der Waals surface area contributed by atoms with Gasteiger partial charge >= 0.3 is 0 Å². The highest BCUT2D eigenvalue weighted by atomic mass is 79.9. The summed E-state index contributed by atoms with van der Waals surface area (Å²) in [5, 5.41) is 3.41. The lowest BCUT2D eigenvalue weighted by molar-refractivity contribution is -0.130. The maximum absolute atomic E-state index is 12.2. The van der Waals surface area contributed by atoms with Crippen molar-refractivity contribution in [3.05, 3.63) is 28.7 Å². The van der Waals surface area contributed by atoms with E-state index in [2.05, 4.69) is 26.1 Å². The standard InChI is InChI=1S/C17H23BrN2O2/c18-15-4-6-16(7-5-15)22-8-2-1-3-17(21)20-11-13-9-19-10-14(13)12-20/h4-7,13-14,19H,1-3,8-12H2/t13-,14+. The minimum Gasteiger partial charge on any atom is -0.494 e. The molecule has 2 fully saturated rings. The molecule has 1 aromatic rings. The van der Waals surface area contributed by atoms with Gasteiger partial charge in [-0.25, -0.2) is 0 Å². The van der Waals surface area contributed by atoms with Crippen LogP contribution in [0.3, 0.4) is 0 Å². The molecule has 1 aromatic carbocycles. The summed E-state index contributed by atoms with van der Waals surface area (Å²) in [6.45, 7) is 4.73. The summed E-state index contributed by atoms with van der Waals surface area (Å²) < 4.78 is 6.73. The third-order valence-electron chi connectivity index (χ3n) is 4.61. The fraction of sp³-hybridized carbons (Fsp3) is 0.588. The summed E-state index contributed by atoms with van der Waals surface area (Å²) in [7, 11) is 0. The number of hydrogen-bond acceptors (Lipinski definition) is 3. The zero-order valence-electron chi connectivity index (χ0n) is 12.8. The van der Waals surface area contributed by atoms with Crippen molar-refractivity contribution in [2.75, 3.05) is 32.8 Å². The van der Waals surface area contributed by atoms with Crippen LogP contribution < -0.4 is 10.1 Å². The number of carbonyl (C=O) groups excluding carboxylic acids is 1. The van der Waals surface area contributed by atoms with Crippen molar-refractivity contribution in [1.82, 2.24) is 10.2 Å². The average molecular weight is 367 g/mol. The van der Waals surface area contributed by atoms with Gasteiger partial charge in [0.25, 0.3) is 0 Å². The van der Waals surface area contributed by atoms with E-state index in [0.29, 0.717) is 30.8 Å². The van der Waals surface area contributed by atoms with E-state index in [4.69, 9.17) is 4.74 Å². The molecule has 5 heteroatoms. The summed E-state index contributed by atoms with van der Waals surface area (Å²) in [6, 6.07) is 7.84. The van der Waals surface area contributed by atoms with E-state index in [1.807, 2.05) is 24.3 Å². The predicted octanol–water partition coefficient (Wildman–Crippen LogP) is 2.68. The number of halogens is 1. The van der Waals surface area contributed by atoms with E-state index in [1.54, 1.807) is 0 Å². The number of amides is 1. The highest BCUT2D eigenvalue weighted by molar-refractivity contribution is 9.10. The lowest BCUT2D eigenvalue weighted by Crippen LogP contribution is -2.31. The summed E-state index contributed by atoms with van der Waals surface area (Å²) in [5.41, 5.74) is 0. The van der Waals surface area contributed by atoms with Gasteiger partial charge in [0, 0.05) is 37.1 Å². The molecule has 1 N–H and O–H groups in total. The second-order valence-electron chi connectivity index (χ2n) is 6.24. The monoisotopic (exact) mass is 366 g/mol. The Bertz CT molecular complexity index is 494. The van der Waals surface area contributed by atoms with E-state index in [0.717, 1.165) is 49.2 Å². The molecule has 22 heavy (non-hydrogen) atoms. The molecule has 2 heterocycles. The lowest BCUT2D eigenvalue weighted by atomic mass is 10.0. The summed E-state index contributed by atoms with van der Waals surface area (Å²) in [6.07, 6.45) is 2.47. The summed E-state index contributed by atoms with van der Waals surface area (Å²) in [4.78, 5) is 14.3. The first-order chi connectivity index (χ1) is 10.7. The van der Waals surface area contributed by atoms with Gasteiger partial charge in [0.2, 0.25) is 5.91 Å². The van der Waals surface area contributed by atoms with Gasteiger partial charge in [-0.2, -0.15) is 0 Å². The summed E-state index contributed by atoms with van der Waals surface area (Å²) in [5.74, 6) is 2.57. The molecular formula is C17H23BrN2O2. The number of nitrogens with zero attached hydrogens (tertiary/aromatic N) is 1. The largest absolute Gasteiger partial charge is 0.494 e. The molecular weight excluding hydrogens is 344 g/mol. The lowest BCUT2D eigenvalue weighted by Gasteiger charge is -2.17. The van der Waals surface area contributed by atoms with Crippen LogP contribution in [0.2, 0.25) is 0 Å². The third kappa shape index (κ3) is 4.02. The van der Waals surface area contributed by atoms with Crippen LogP contribution in [0.25, 0.3) is 0 Å². The Hall–Kier alpha value is -1.07. The number of unbranched alkanes of at least 4 members (excludes halogenated alkanes) is 1. The SMILES string of the molecule is O=C(CCCCOc1ccc(Br)cc1)N1C[C@H]2CNC[C@H]2C1. The molecule has 0 unspecified atom stereocenters. The van der Waals surface area contributed by atoms with Crippen molar-refractivity contribution in [3.8, 4) is 5.75 Å². The van der Waals surface area contributed by atoms with Crippen molar-refractivity contribution < 1.29 is 9.53 Å². The predicted molar refractivity (Wildman–Crippen MR) is 89.9 cm³/mol. The number of hydrogen-bond donors (Lipinski definition) is 1. The molecule has 0 spiro atoms. The van der Waals surface area contributed by atoms with E-state index in [-0.39, 0.29) is 0 Å². The Morgan fingerprint density at radius 2 is 1.86 bits per heavy atom. The van der Waals surface area contributed by atoms with Gasteiger partial charge in [-0.3, -0.25) is 4.79 Å². The highest BCUT2D eigenvalue weighted by Crippen LogP contribution is 2.26. The topological polar surface area (TPSA) is 41.6 Å². The van der Waals surface area contributed by atoms with Crippen molar-refractivity contribution in [2.24, 2.45) is 11.8 Å². The van der Waals surface area contributed by atoms with Crippen LogP contribution in [-0.2, 0) is 4.79 Å². The number of nitrogens with one attached hydrogen (secondary N) is 1. The molecule has 2 aliphatic rings. The highest BCUT2D eigenvalue weighted by Gasteiger charge is 2.37. The van der Waals surface area contributed by atoms with Crippen molar-refractivity contribution in [2.45, 2.75) is 19.3 Å². The second kappa shape index (κ2) is 7.47. The molecule has 4 nitrogen and oxygen atoms in total. The van der Waals surface area contributed by atoms with E-state index < -0.39 is 0 Å². The molecule has 2 aliphatic heterocycles. The minimum atomic E-state index is 0.318. The number of ether oxygens (including phenoxy) is 1. The molecule has 0 aromatic heterocycles. The van der Waals surface area contributed by atoms with E-state index in [1.165, 1.54) is 0 Å². The zero-order chi connectivity index (χ0) is 15.4. The quantitative estimate of drug-likeness (QED) is 0.786. The van der Waals surface area contributed by atoms with Gasteiger partial charge in [-0.05, 0) is 48.9 Å². The minimum absolute atomic E-state index is 0.318. The van der Waals surface area contributed by atoms with Gasteiger partial charge in [-0.15, -0.1) is 0 Å². The number of carbonyl (C=O) groups is 1. The second-order valence-corrected chi connectivity index (χ2v) is 7.15. The number of rotatable bonds is 6. The van der Waals surface area contributed by atoms with Crippen LogP contribution in [-0.4, -0.2) is 43.6 Å². The Kier molecular flexibility index (Phi) is 5.37. The van der Waals surface area contributed by atoms with Crippen LogP contribution in [0.15, 0.2) is 28.7 Å². The first kappa shape index (κ1) is 15.8. The van der Waals surface area contributed by atoms with Crippen molar-refractivity contribution in [1.29, 1.82) is 0 Å². The normalized spacial score (nSPS) is 23.6. The maximum Gasteiger partial charge on any atom is 0.222 e. The Labute approximate surface area is 140 Å². The van der Waals surface area contributed by atoms with Crippen LogP contribution in [0.5, 0.6) is 5.75 Å². The van der Waals surface area contributed by atoms with Gasteiger partial charge in [0.1, 0.15) is 5.75 Å². The number of likely N-dealkylation sites (tertiary alicyclic amines) is 1. The fourth-order valence-electron chi connectivity index (χ4n) is 3.32. The summed E-state index contributed by atoms with van der Waals surface area (Å²) >= 11 is 3.40. The molecule has 120 valence electrons. The average Bonchev–Trinajstić information content (AvgIpc) is 3.10. The van der Waals surface area contributed by atoms with E-state index in [9.17, 15) is 4.79 Å². The van der Waals surface area contributed by atoms with Crippen LogP contribution in [0.4, 0.5) is 0 Å². The van der Waals surface area contributed by atoms with Gasteiger partial charge in [-0.1, -0.05) is 15.9 Å². The van der Waals surface area contributed by atoms with Gasteiger partial charge in [0.15, 0.2) is 0 Å². The van der Waals surface area contributed by atoms with Crippen LogP contribution >= 0.6 is 15.9 Å². The molecule has 3 rings (SSSR count). The van der Waals surface area contributed by atoms with Gasteiger partial charge < -0.3 is 15.0 Å². The Morgan fingerprint density at radius 1 is 1.18 bits per heavy atom. The number of fused-ring (bicyclic) bond motifs is 1. The molecule has 0 bridgehead atoms. The van der Waals surface area contributed by atoms with Crippen molar-refractivity contribution >= 4 is 21.8 Å². The third-order valence-corrected chi connectivity index (χ3v) is 5.14. The first-order valence-electron chi connectivity index (χ1n) is 8.09. The first-order valence-corrected chi connectivity index (χ1v) is 8.88. The molecule has 1 amide bonds. The van der Waals surface area contributed by atoms with Crippen molar-refractivity contribution in [3.63, 3.8) is 0 Å². The smallest absolute Gasteiger partial charge is 0.222 e. The van der Waals surface area contributed by atoms with Gasteiger partial charge in [0.05, 0.1) is 6.61 Å². The molecule has 2 saturated heterocycles. The molecule has 0 saturated carbocycles. The molecule has 0 aliphatic carbocycles. The Morgan fingerprint density at radius 3 is 2.55 bits per heavy atom. The fourth-order valence-corrected chi connectivity index (χ4v) is 3.58. The molecule has 2 atom stereocenters.